The van der Waals surface area contributed by atoms with E-state index in [1.807, 2.05) is 12.1 Å². The summed E-state index contributed by atoms with van der Waals surface area (Å²) in [6, 6.07) is 8.29. The van der Waals surface area contributed by atoms with E-state index in [2.05, 4.69) is 23.6 Å². The Balaban J connectivity index is 1.51. The molecule has 2 saturated heterocycles. The normalized spacial score (nSPS) is 25.2. The monoisotopic (exact) mass is 290 g/mol. The molecule has 0 N–H and O–H groups in total. The number of halogens is 1. The van der Waals surface area contributed by atoms with E-state index in [4.69, 9.17) is 0 Å². The van der Waals surface area contributed by atoms with Crippen molar-refractivity contribution in [2.45, 2.75) is 45.2 Å². The van der Waals surface area contributed by atoms with Gasteiger partial charge in [0.1, 0.15) is 5.82 Å². The van der Waals surface area contributed by atoms with Crippen molar-refractivity contribution in [1.82, 2.24) is 9.80 Å². The third-order valence-corrected chi connectivity index (χ3v) is 5.26. The molecule has 1 atom stereocenters. The average molecular weight is 290 g/mol. The molecule has 2 aliphatic rings. The molecule has 3 rings (SSSR count). The summed E-state index contributed by atoms with van der Waals surface area (Å²) in [7, 11) is 0. The van der Waals surface area contributed by atoms with Gasteiger partial charge in [-0.05, 0) is 69.8 Å². The van der Waals surface area contributed by atoms with E-state index in [9.17, 15) is 4.39 Å². The molecular formula is C18H27FN2. The van der Waals surface area contributed by atoms with Gasteiger partial charge in [0.15, 0.2) is 0 Å². The second kappa shape index (κ2) is 6.45. The van der Waals surface area contributed by atoms with Gasteiger partial charge in [0.2, 0.25) is 0 Å². The molecule has 0 radical (unpaired) electrons. The molecule has 0 amide bonds. The maximum Gasteiger partial charge on any atom is 0.123 e. The number of likely N-dealkylation sites (tertiary alicyclic amines) is 2. The minimum atomic E-state index is -0.134. The number of benzene rings is 1. The number of piperidine rings is 1. The lowest BCUT2D eigenvalue weighted by Gasteiger charge is -2.45. The predicted octanol–water partition coefficient (Wildman–Crippen LogP) is 3.69. The van der Waals surface area contributed by atoms with Crippen LogP contribution in [0.5, 0.6) is 0 Å². The van der Waals surface area contributed by atoms with Gasteiger partial charge in [0, 0.05) is 25.2 Å². The quantitative estimate of drug-likeness (QED) is 0.834. The smallest absolute Gasteiger partial charge is 0.123 e. The Morgan fingerprint density at radius 2 is 1.71 bits per heavy atom. The first-order valence-electron chi connectivity index (χ1n) is 8.37. The van der Waals surface area contributed by atoms with Crippen molar-refractivity contribution in [3.63, 3.8) is 0 Å². The highest BCUT2D eigenvalue weighted by Crippen LogP contribution is 2.35. The maximum atomic E-state index is 13.0. The zero-order valence-corrected chi connectivity index (χ0v) is 13.3. The molecular weight excluding hydrogens is 263 g/mol. The molecule has 2 heterocycles. The van der Waals surface area contributed by atoms with Gasteiger partial charge in [-0.2, -0.15) is 0 Å². The van der Waals surface area contributed by atoms with Gasteiger partial charge in [-0.15, -0.1) is 0 Å². The van der Waals surface area contributed by atoms with Crippen molar-refractivity contribution >= 4 is 0 Å². The SMILES string of the molecule is CC(C)N1CCC(CN2CC[C@@H]2c2ccc(F)cc2)CC1. The van der Waals surface area contributed by atoms with Crippen molar-refractivity contribution in [2.24, 2.45) is 5.92 Å². The van der Waals surface area contributed by atoms with Crippen LogP contribution in [0.25, 0.3) is 0 Å². The lowest BCUT2D eigenvalue weighted by Crippen LogP contribution is -2.46. The topological polar surface area (TPSA) is 6.48 Å². The summed E-state index contributed by atoms with van der Waals surface area (Å²) in [5, 5.41) is 0. The Hall–Kier alpha value is -0.930. The number of nitrogens with zero attached hydrogens (tertiary/aromatic N) is 2. The van der Waals surface area contributed by atoms with Gasteiger partial charge < -0.3 is 4.90 Å². The fourth-order valence-electron chi connectivity index (χ4n) is 3.71. The average Bonchev–Trinajstić information content (AvgIpc) is 2.46. The molecule has 0 aliphatic carbocycles. The second-order valence-corrected chi connectivity index (χ2v) is 6.92. The van der Waals surface area contributed by atoms with E-state index in [0.717, 1.165) is 5.92 Å². The Kier molecular flexibility index (Phi) is 4.60. The fourth-order valence-corrected chi connectivity index (χ4v) is 3.71. The molecule has 3 heteroatoms. The molecule has 116 valence electrons. The minimum absolute atomic E-state index is 0.134. The highest BCUT2D eigenvalue weighted by Gasteiger charge is 2.32. The first-order valence-corrected chi connectivity index (χ1v) is 8.37. The van der Waals surface area contributed by atoms with Crippen LogP contribution in [-0.4, -0.2) is 42.0 Å². The molecule has 0 spiro atoms. The summed E-state index contributed by atoms with van der Waals surface area (Å²) in [4.78, 5) is 5.17. The van der Waals surface area contributed by atoms with Crippen LogP contribution in [0.1, 0.15) is 44.7 Å². The van der Waals surface area contributed by atoms with E-state index >= 15 is 0 Å². The number of hydrogen-bond acceptors (Lipinski definition) is 2. The molecule has 21 heavy (non-hydrogen) atoms. The molecule has 0 unspecified atom stereocenters. The first-order chi connectivity index (χ1) is 10.1. The molecule has 0 aromatic heterocycles. The highest BCUT2D eigenvalue weighted by atomic mass is 19.1. The summed E-state index contributed by atoms with van der Waals surface area (Å²) in [6.07, 6.45) is 3.87. The van der Waals surface area contributed by atoms with Crippen LogP contribution in [0.15, 0.2) is 24.3 Å². The summed E-state index contributed by atoms with van der Waals surface area (Å²) < 4.78 is 13.0. The van der Waals surface area contributed by atoms with Crippen LogP contribution in [0.4, 0.5) is 4.39 Å². The third-order valence-electron chi connectivity index (χ3n) is 5.26. The van der Waals surface area contributed by atoms with E-state index < -0.39 is 0 Å². The van der Waals surface area contributed by atoms with E-state index in [1.165, 1.54) is 51.0 Å². The van der Waals surface area contributed by atoms with Crippen LogP contribution in [0, 0.1) is 11.7 Å². The Labute approximate surface area is 127 Å². The van der Waals surface area contributed by atoms with Gasteiger partial charge in [-0.3, -0.25) is 4.90 Å². The van der Waals surface area contributed by atoms with Crippen molar-refractivity contribution in [2.75, 3.05) is 26.2 Å². The predicted molar refractivity (Wildman–Crippen MR) is 84.8 cm³/mol. The minimum Gasteiger partial charge on any atom is -0.301 e. The second-order valence-electron chi connectivity index (χ2n) is 6.92. The van der Waals surface area contributed by atoms with Gasteiger partial charge in [0.25, 0.3) is 0 Å². The van der Waals surface area contributed by atoms with Crippen LogP contribution in [0.3, 0.4) is 0 Å². The number of rotatable bonds is 4. The largest absolute Gasteiger partial charge is 0.301 e. The molecule has 0 saturated carbocycles. The van der Waals surface area contributed by atoms with Crippen LogP contribution in [-0.2, 0) is 0 Å². The van der Waals surface area contributed by atoms with E-state index in [1.54, 1.807) is 12.1 Å². The highest BCUT2D eigenvalue weighted by molar-refractivity contribution is 5.22. The van der Waals surface area contributed by atoms with Crippen molar-refractivity contribution in [3.05, 3.63) is 35.6 Å². The van der Waals surface area contributed by atoms with Crippen LogP contribution in [0.2, 0.25) is 0 Å². The van der Waals surface area contributed by atoms with Crippen molar-refractivity contribution in [3.8, 4) is 0 Å². The molecule has 1 aromatic rings. The fraction of sp³-hybridized carbons (Fsp3) is 0.667. The molecule has 2 aliphatic heterocycles. The Morgan fingerprint density at radius 3 is 2.24 bits per heavy atom. The summed E-state index contributed by atoms with van der Waals surface area (Å²) in [5.41, 5.74) is 1.28. The third kappa shape index (κ3) is 3.46. The van der Waals surface area contributed by atoms with Crippen molar-refractivity contribution in [1.29, 1.82) is 0 Å². The summed E-state index contributed by atoms with van der Waals surface area (Å²) in [5.74, 6) is 0.703. The standard InChI is InChI=1S/C18H27FN2/c1-14(2)20-10-7-15(8-11-20)13-21-12-9-18(21)16-3-5-17(19)6-4-16/h3-6,14-15,18H,7-13H2,1-2H3/t18-/m1/s1. The lowest BCUT2D eigenvalue weighted by atomic mass is 9.89. The zero-order valence-electron chi connectivity index (χ0n) is 13.3. The Morgan fingerprint density at radius 1 is 1.05 bits per heavy atom. The molecule has 2 fully saturated rings. The zero-order chi connectivity index (χ0) is 14.8. The van der Waals surface area contributed by atoms with Crippen molar-refractivity contribution < 1.29 is 4.39 Å². The van der Waals surface area contributed by atoms with Gasteiger partial charge in [-0.1, -0.05) is 12.1 Å². The Bertz CT molecular complexity index is 449. The lowest BCUT2D eigenvalue weighted by molar-refractivity contribution is 0.0478. The summed E-state index contributed by atoms with van der Waals surface area (Å²) >= 11 is 0. The summed E-state index contributed by atoms with van der Waals surface area (Å²) in [6.45, 7) is 9.50. The van der Waals surface area contributed by atoms with E-state index in [0.29, 0.717) is 12.1 Å². The van der Waals surface area contributed by atoms with Crippen LogP contribution >= 0.6 is 0 Å². The molecule has 0 bridgehead atoms. The first kappa shape index (κ1) is 15.0. The van der Waals surface area contributed by atoms with Gasteiger partial charge in [0.05, 0.1) is 0 Å². The van der Waals surface area contributed by atoms with Gasteiger partial charge in [-0.25, -0.2) is 4.39 Å². The van der Waals surface area contributed by atoms with Crippen LogP contribution < -0.4 is 0 Å². The van der Waals surface area contributed by atoms with E-state index in [-0.39, 0.29) is 5.82 Å². The maximum absolute atomic E-state index is 13.0. The van der Waals surface area contributed by atoms with Gasteiger partial charge >= 0.3 is 0 Å². The molecule has 2 nitrogen and oxygen atoms in total. The molecule has 1 aromatic carbocycles. The number of hydrogen-bond donors (Lipinski definition) is 0.